The van der Waals surface area contributed by atoms with Crippen LogP contribution in [0.4, 0.5) is 0 Å². The van der Waals surface area contributed by atoms with Gasteiger partial charge in [0.2, 0.25) is 0 Å². The van der Waals surface area contributed by atoms with Crippen LogP contribution in [0.25, 0.3) is 0 Å². The van der Waals surface area contributed by atoms with Gasteiger partial charge in [0.1, 0.15) is 0 Å². The smallest absolute Gasteiger partial charge is 0.261 e. The molecule has 2 aliphatic rings. The molecule has 1 aromatic heterocycles. The highest BCUT2D eigenvalue weighted by atomic mass is 32.1. The van der Waals surface area contributed by atoms with Crippen LogP contribution in [0.5, 0.6) is 0 Å². The summed E-state index contributed by atoms with van der Waals surface area (Å²) in [6.45, 7) is 4.90. The van der Waals surface area contributed by atoms with Crippen LogP contribution < -0.4 is 5.32 Å². The molecular weight excluding hydrogens is 304 g/mol. The second kappa shape index (κ2) is 6.10. The van der Waals surface area contributed by atoms with Crippen molar-refractivity contribution >= 4 is 17.2 Å². The summed E-state index contributed by atoms with van der Waals surface area (Å²) in [4.78, 5) is 17.2. The fourth-order valence-corrected chi connectivity index (χ4v) is 4.35. The molecule has 3 nitrogen and oxygen atoms in total. The first-order valence-corrected chi connectivity index (χ1v) is 9.21. The van der Waals surface area contributed by atoms with Crippen LogP contribution in [0.3, 0.4) is 0 Å². The monoisotopic (exact) mass is 326 g/mol. The number of nitrogens with zero attached hydrogens (tertiary/aromatic N) is 1. The molecule has 1 N–H and O–H groups in total. The van der Waals surface area contributed by atoms with Crippen molar-refractivity contribution < 1.29 is 4.79 Å². The third-order valence-electron chi connectivity index (χ3n) is 4.84. The molecule has 0 spiro atoms. The number of carbonyl (C=O) groups is 1. The van der Waals surface area contributed by atoms with Crippen molar-refractivity contribution in [2.75, 3.05) is 6.54 Å². The van der Waals surface area contributed by atoms with Crippen LogP contribution >= 0.6 is 11.3 Å². The van der Waals surface area contributed by atoms with Gasteiger partial charge in [0, 0.05) is 30.6 Å². The molecule has 120 valence electrons. The Kier molecular flexibility index (Phi) is 3.95. The van der Waals surface area contributed by atoms with Gasteiger partial charge >= 0.3 is 0 Å². The lowest BCUT2D eigenvalue weighted by molar-refractivity contribution is 0.0955. The van der Waals surface area contributed by atoms with Crippen molar-refractivity contribution in [1.29, 1.82) is 0 Å². The summed E-state index contributed by atoms with van der Waals surface area (Å²) in [6.07, 6.45) is 2.69. The fourth-order valence-electron chi connectivity index (χ4n) is 3.24. The van der Waals surface area contributed by atoms with E-state index in [1.54, 1.807) is 11.3 Å². The molecule has 1 unspecified atom stereocenters. The number of carbonyl (C=O) groups excluding carboxylic acids is 1. The van der Waals surface area contributed by atoms with E-state index in [0.717, 1.165) is 24.0 Å². The summed E-state index contributed by atoms with van der Waals surface area (Å²) in [5, 5.41) is 3.09. The largest absolute Gasteiger partial charge is 0.351 e. The molecule has 1 aromatic carbocycles. The molecule has 1 saturated carbocycles. The van der Waals surface area contributed by atoms with Gasteiger partial charge in [-0.05, 0) is 36.0 Å². The lowest BCUT2D eigenvalue weighted by atomic mass is 10.0. The first-order chi connectivity index (χ1) is 11.2. The zero-order chi connectivity index (χ0) is 15.8. The predicted molar refractivity (Wildman–Crippen MR) is 93.8 cm³/mol. The molecule has 0 radical (unpaired) electrons. The molecule has 4 rings (SSSR count). The van der Waals surface area contributed by atoms with Gasteiger partial charge in [0.05, 0.1) is 4.88 Å². The molecule has 1 aliphatic carbocycles. The Bertz CT molecular complexity index is 682. The fraction of sp³-hybridized carbons (Fsp3) is 0.421. The van der Waals surface area contributed by atoms with Crippen molar-refractivity contribution in [3.05, 3.63) is 57.3 Å². The van der Waals surface area contributed by atoms with E-state index in [9.17, 15) is 4.79 Å². The first kappa shape index (κ1) is 14.9. The van der Waals surface area contributed by atoms with Crippen molar-refractivity contribution in [2.45, 2.75) is 44.8 Å². The topological polar surface area (TPSA) is 32.3 Å². The molecular formula is C19H22N2OS. The minimum atomic E-state index is 0.0742. The third kappa shape index (κ3) is 3.19. The normalized spacial score (nSPS) is 18.7. The number of hydrogen-bond donors (Lipinski definition) is 1. The van der Waals surface area contributed by atoms with Crippen LogP contribution in [0, 0.1) is 0 Å². The van der Waals surface area contributed by atoms with Gasteiger partial charge in [-0.2, -0.15) is 0 Å². The Balaban J connectivity index is 1.34. The van der Waals surface area contributed by atoms with Crippen LogP contribution in [-0.4, -0.2) is 23.4 Å². The van der Waals surface area contributed by atoms with Gasteiger partial charge in [-0.1, -0.05) is 37.3 Å². The second-order valence-corrected chi connectivity index (χ2v) is 7.85. The number of fused-ring (bicyclic) bond motifs is 1. The zero-order valence-corrected chi connectivity index (χ0v) is 14.2. The van der Waals surface area contributed by atoms with Crippen molar-refractivity contribution in [1.82, 2.24) is 10.2 Å². The lowest BCUT2D eigenvalue weighted by Gasteiger charge is -2.14. The van der Waals surface area contributed by atoms with Gasteiger partial charge < -0.3 is 5.32 Å². The van der Waals surface area contributed by atoms with E-state index in [2.05, 4.69) is 35.3 Å². The van der Waals surface area contributed by atoms with E-state index in [-0.39, 0.29) is 5.91 Å². The maximum Gasteiger partial charge on any atom is 0.261 e. The highest BCUT2D eigenvalue weighted by Gasteiger charge is 2.34. The first-order valence-electron chi connectivity index (χ1n) is 8.39. The van der Waals surface area contributed by atoms with Gasteiger partial charge in [0.15, 0.2) is 0 Å². The molecule has 2 aromatic rings. The summed E-state index contributed by atoms with van der Waals surface area (Å²) in [7, 11) is 0. The van der Waals surface area contributed by atoms with E-state index in [0.29, 0.717) is 12.5 Å². The Labute approximate surface area is 141 Å². The maximum atomic E-state index is 12.4. The summed E-state index contributed by atoms with van der Waals surface area (Å²) < 4.78 is 0. The molecule has 1 atom stereocenters. The minimum absolute atomic E-state index is 0.0742. The highest BCUT2D eigenvalue weighted by Crippen LogP contribution is 2.38. The Hall–Kier alpha value is -1.65. The molecule has 2 heterocycles. The summed E-state index contributed by atoms with van der Waals surface area (Å²) in [5.74, 6) is 0.405. The number of amides is 1. The van der Waals surface area contributed by atoms with Crippen LogP contribution in [0.1, 0.15) is 51.4 Å². The highest BCUT2D eigenvalue weighted by molar-refractivity contribution is 7.14. The van der Waals surface area contributed by atoms with Gasteiger partial charge in [-0.3, -0.25) is 9.69 Å². The van der Waals surface area contributed by atoms with E-state index in [4.69, 9.17) is 0 Å². The second-order valence-electron chi connectivity index (χ2n) is 6.72. The Morgan fingerprint density at radius 1 is 1.30 bits per heavy atom. The summed E-state index contributed by atoms with van der Waals surface area (Å²) in [6, 6.07) is 13.2. The zero-order valence-electron chi connectivity index (χ0n) is 13.4. The Morgan fingerprint density at radius 3 is 2.78 bits per heavy atom. The number of thiophene rings is 1. The van der Waals surface area contributed by atoms with Crippen molar-refractivity contribution in [3.8, 4) is 0 Å². The summed E-state index contributed by atoms with van der Waals surface area (Å²) in [5.41, 5.74) is 2.63. The molecule has 23 heavy (non-hydrogen) atoms. The standard InChI is InChI=1S/C19H22N2OS/c1-13(14-5-3-2-4-6-14)10-20-19(22)17-9-15-11-21(16-7-8-16)12-18(15)23-17/h2-6,9,13,16H,7-8,10-12H2,1H3,(H,20,22). The average molecular weight is 326 g/mol. The quantitative estimate of drug-likeness (QED) is 0.907. The number of hydrogen-bond acceptors (Lipinski definition) is 3. The van der Waals surface area contributed by atoms with Gasteiger partial charge in [0.25, 0.3) is 5.91 Å². The average Bonchev–Trinajstić information content (AvgIpc) is 3.23. The Morgan fingerprint density at radius 2 is 2.09 bits per heavy atom. The molecule has 1 amide bonds. The molecule has 1 fully saturated rings. The molecule has 0 saturated heterocycles. The van der Waals surface area contributed by atoms with E-state index in [1.807, 2.05) is 18.2 Å². The van der Waals surface area contributed by atoms with E-state index in [1.165, 1.54) is 28.8 Å². The lowest BCUT2D eigenvalue weighted by Crippen LogP contribution is -2.27. The van der Waals surface area contributed by atoms with Crippen molar-refractivity contribution in [3.63, 3.8) is 0 Å². The third-order valence-corrected chi connectivity index (χ3v) is 6.00. The number of rotatable bonds is 5. The summed E-state index contributed by atoms with van der Waals surface area (Å²) >= 11 is 1.67. The van der Waals surface area contributed by atoms with Crippen LogP contribution in [0.2, 0.25) is 0 Å². The van der Waals surface area contributed by atoms with E-state index < -0.39 is 0 Å². The SMILES string of the molecule is CC(CNC(=O)c1cc2c(s1)CN(C1CC1)C2)c1ccccc1. The minimum Gasteiger partial charge on any atom is -0.351 e. The maximum absolute atomic E-state index is 12.4. The van der Waals surface area contributed by atoms with Gasteiger partial charge in [-0.15, -0.1) is 11.3 Å². The molecule has 4 heteroatoms. The van der Waals surface area contributed by atoms with Crippen LogP contribution in [0.15, 0.2) is 36.4 Å². The predicted octanol–water partition coefficient (Wildman–Crippen LogP) is 3.76. The molecule has 1 aliphatic heterocycles. The number of nitrogens with one attached hydrogen (secondary N) is 1. The molecule has 0 bridgehead atoms. The van der Waals surface area contributed by atoms with Crippen molar-refractivity contribution in [2.24, 2.45) is 0 Å². The van der Waals surface area contributed by atoms with Gasteiger partial charge in [-0.25, -0.2) is 0 Å². The van der Waals surface area contributed by atoms with E-state index >= 15 is 0 Å². The number of benzene rings is 1. The van der Waals surface area contributed by atoms with Crippen LogP contribution in [-0.2, 0) is 13.1 Å².